The van der Waals surface area contributed by atoms with E-state index in [0.717, 1.165) is 62.5 Å². The average Bonchev–Trinajstić information content (AvgIpc) is 3.48. The van der Waals surface area contributed by atoms with Gasteiger partial charge in [0.05, 0.1) is 27.8 Å². The number of rotatable bonds is 13. The number of fused-ring (bicyclic) bond motifs is 1. The van der Waals surface area contributed by atoms with Crippen LogP contribution >= 0.6 is 11.6 Å². The van der Waals surface area contributed by atoms with Gasteiger partial charge in [-0.3, -0.25) is 9.58 Å². The summed E-state index contributed by atoms with van der Waals surface area (Å²) >= 11 is 5.88. The van der Waals surface area contributed by atoms with Crippen LogP contribution < -0.4 is 15.5 Å². The van der Waals surface area contributed by atoms with Crippen LogP contribution in [-0.4, -0.2) is 97.8 Å². The number of nitrogens with zero attached hydrogens (tertiary/aromatic N) is 7. The summed E-state index contributed by atoms with van der Waals surface area (Å²) in [6.07, 6.45) is 8.34. The van der Waals surface area contributed by atoms with Gasteiger partial charge in [0, 0.05) is 58.1 Å². The fraction of sp³-hybridized carbons (Fsp3) is 0.486. The molecule has 2 aliphatic heterocycles. The average molecular weight is 752 g/mol. The van der Waals surface area contributed by atoms with E-state index in [0.29, 0.717) is 52.7 Å². The van der Waals surface area contributed by atoms with Crippen molar-refractivity contribution >= 4 is 57.6 Å². The molecule has 278 valence electrons. The fourth-order valence-electron chi connectivity index (χ4n) is 7.35. The topological polar surface area (TPSA) is 129 Å². The van der Waals surface area contributed by atoms with Crippen LogP contribution in [0.15, 0.2) is 53.7 Å². The molecule has 52 heavy (non-hydrogen) atoms. The minimum Gasteiger partial charge on any atom is -0.351 e. The van der Waals surface area contributed by atoms with E-state index in [-0.39, 0.29) is 36.8 Å². The molecule has 2 amide bonds. The molecule has 2 fully saturated rings. The van der Waals surface area contributed by atoms with E-state index in [1.807, 2.05) is 23.5 Å². The maximum Gasteiger partial charge on any atom is 0.322 e. The summed E-state index contributed by atoms with van der Waals surface area (Å²) in [6.45, 7) is 6.46. The maximum absolute atomic E-state index is 15.3. The Morgan fingerprint density at radius 2 is 1.83 bits per heavy atom. The first-order valence-corrected chi connectivity index (χ1v) is 19.4. The van der Waals surface area contributed by atoms with Crippen LogP contribution in [0.1, 0.15) is 56.1 Å². The van der Waals surface area contributed by atoms with Crippen LogP contribution in [0.2, 0.25) is 5.02 Å². The predicted molar refractivity (Wildman–Crippen MR) is 203 cm³/mol. The number of urea groups is 1. The first kappa shape index (κ1) is 37.8. The van der Waals surface area contributed by atoms with Crippen molar-refractivity contribution in [1.82, 2.24) is 34.3 Å². The second-order valence-corrected chi connectivity index (χ2v) is 15.8. The number of carbonyl (C=O) groups excluding carboxylic acids is 2. The van der Waals surface area contributed by atoms with Crippen molar-refractivity contribution in [2.75, 3.05) is 56.5 Å². The molecule has 2 unspecified atom stereocenters. The minimum atomic E-state index is -1.43. The van der Waals surface area contributed by atoms with E-state index >= 15 is 4.39 Å². The molecule has 2 aromatic carbocycles. The molecule has 2 saturated heterocycles. The van der Waals surface area contributed by atoms with E-state index in [1.165, 1.54) is 16.5 Å². The molecule has 0 radical (unpaired) electrons. The van der Waals surface area contributed by atoms with E-state index in [9.17, 15) is 13.8 Å². The zero-order valence-electron chi connectivity index (χ0n) is 29.9. The summed E-state index contributed by atoms with van der Waals surface area (Å²) in [6, 6.07) is 11.3. The first-order chi connectivity index (χ1) is 25.1. The number of hydrogen-bond acceptors (Lipinski definition) is 8. The highest BCUT2D eigenvalue weighted by molar-refractivity contribution is 7.82. The summed E-state index contributed by atoms with van der Waals surface area (Å²) in [5.74, 6) is 1.43. The van der Waals surface area contributed by atoms with Gasteiger partial charge in [-0.25, -0.2) is 27.7 Å². The van der Waals surface area contributed by atoms with E-state index in [1.54, 1.807) is 30.2 Å². The van der Waals surface area contributed by atoms with Crippen LogP contribution in [0.3, 0.4) is 0 Å². The summed E-state index contributed by atoms with van der Waals surface area (Å²) in [7, 11) is 2.01. The van der Waals surface area contributed by atoms with E-state index in [4.69, 9.17) is 11.6 Å². The fourth-order valence-corrected chi connectivity index (χ4v) is 8.67. The standard InChI is InChI=1S/C37H47ClFN9O3S/c1-25(19-28-5-7-31(21-33(28)39)52(51)47-16-11-30(12-17-47)43-36-41-22-29(38)23-42-36)24-46-14-9-26(10-15-46)27-6-8-32-34(20-27)45(3)44-35(32)48(13-4-18-49)37(50)40-2/h5-8,18,20-23,25-26,30H,4,9-17,19,24H2,1-3H3,(H,40,50)(H,41,42,43). The smallest absolute Gasteiger partial charge is 0.322 e. The van der Waals surface area contributed by atoms with Crippen molar-refractivity contribution in [3.05, 3.63) is 70.8 Å². The number of anilines is 2. The molecule has 2 atom stereocenters. The van der Waals surface area contributed by atoms with Crippen molar-refractivity contribution in [3.8, 4) is 0 Å². The van der Waals surface area contributed by atoms with Crippen molar-refractivity contribution < 1.29 is 18.2 Å². The number of aryl methyl sites for hydroxylation is 1. The van der Waals surface area contributed by atoms with Gasteiger partial charge >= 0.3 is 6.03 Å². The molecule has 2 N–H and O–H groups in total. The Morgan fingerprint density at radius 3 is 2.50 bits per heavy atom. The summed E-state index contributed by atoms with van der Waals surface area (Å²) in [5, 5.41) is 12.0. The van der Waals surface area contributed by atoms with Gasteiger partial charge in [0.15, 0.2) is 5.82 Å². The molecule has 0 spiro atoms. The third-order valence-electron chi connectivity index (χ3n) is 10.1. The van der Waals surface area contributed by atoms with Crippen LogP contribution in [0.4, 0.5) is 21.0 Å². The molecule has 12 nitrogen and oxygen atoms in total. The minimum absolute atomic E-state index is 0.167. The lowest BCUT2D eigenvalue weighted by Gasteiger charge is -2.34. The van der Waals surface area contributed by atoms with Crippen molar-refractivity contribution in [2.45, 2.75) is 62.3 Å². The molecular weight excluding hydrogens is 705 g/mol. The summed E-state index contributed by atoms with van der Waals surface area (Å²) in [4.78, 5) is 36.5. The second-order valence-electron chi connectivity index (χ2n) is 13.8. The second kappa shape index (κ2) is 17.2. The number of piperidine rings is 2. The Hall–Kier alpha value is -3.98. The highest BCUT2D eigenvalue weighted by Gasteiger charge is 2.27. The molecule has 2 aliphatic rings. The van der Waals surface area contributed by atoms with Gasteiger partial charge in [0.1, 0.15) is 23.1 Å². The van der Waals surface area contributed by atoms with Crippen LogP contribution in [0.5, 0.6) is 0 Å². The lowest BCUT2D eigenvalue weighted by Crippen LogP contribution is -2.40. The first-order valence-electron chi connectivity index (χ1n) is 17.9. The number of hydrogen-bond donors (Lipinski definition) is 2. The van der Waals surface area contributed by atoms with Crippen LogP contribution in [-0.2, 0) is 29.2 Å². The number of carbonyl (C=O) groups is 2. The Balaban J connectivity index is 0.982. The number of aromatic nitrogens is 4. The molecule has 0 bridgehead atoms. The molecule has 15 heteroatoms. The van der Waals surface area contributed by atoms with Crippen LogP contribution in [0.25, 0.3) is 10.9 Å². The third kappa shape index (κ3) is 8.96. The lowest BCUT2D eigenvalue weighted by molar-refractivity contribution is -0.107. The Kier molecular flexibility index (Phi) is 12.5. The Bertz CT molecular complexity index is 1880. The number of likely N-dealkylation sites (tertiary alicyclic amines) is 1. The van der Waals surface area contributed by atoms with Gasteiger partial charge in [-0.1, -0.05) is 30.7 Å². The van der Waals surface area contributed by atoms with Gasteiger partial charge in [-0.15, -0.1) is 0 Å². The summed E-state index contributed by atoms with van der Waals surface area (Å²) < 4.78 is 32.4. The van der Waals surface area contributed by atoms with Crippen molar-refractivity contribution in [1.29, 1.82) is 0 Å². The van der Waals surface area contributed by atoms with Gasteiger partial charge < -0.3 is 20.3 Å². The highest BCUT2D eigenvalue weighted by atomic mass is 35.5. The number of halogens is 2. The zero-order chi connectivity index (χ0) is 36.8. The van der Waals surface area contributed by atoms with Gasteiger partial charge in [0.25, 0.3) is 0 Å². The molecule has 4 aromatic rings. The summed E-state index contributed by atoms with van der Waals surface area (Å²) in [5.41, 5.74) is 2.85. The zero-order valence-corrected chi connectivity index (χ0v) is 31.5. The van der Waals surface area contributed by atoms with Gasteiger partial charge in [-0.05, 0) is 92.4 Å². The monoisotopic (exact) mass is 751 g/mol. The molecule has 0 aliphatic carbocycles. The number of amides is 2. The van der Waals surface area contributed by atoms with Crippen molar-refractivity contribution in [3.63, 3.8) is 0 Å². The molecule has 0 saturated carbocycles. The molecule has 6 rings (SSSR count). The lowest BCUT2D eigenvalue weighted by atomic mass is 9.88. The number of aldehydes is 1. The van der Waals surface area contributed by atoms with Gasteiger partial charge in [-0.2, -0.15) is 5.10 Å². The SMILES string of the molecule is CNC(=O)N(CCC=O)c1nn(C)c2cc(C3CCN(CC(C)Cc4ccc(S(=O)N5CCC(Nc6ncc(Cl)cn6)CC5)cc4F)CC3)ccc12. The third-order valence-corrected chi connectivity index (χ3v) is 11.8. The molecular formula is C37H47ClFN9O3S. The Morgan fingerprint density at radius 1 is 1.10 bits per heavy atom. The highest BCUT2D eigenvalue weighted by Crippen LogP contribution is 2.34. The maximum atomic E-state index is 15.3. The molecule has 4 heterocycles. The normalized spacial score (nSPS) is 17.6. The van der Waals surface area contributed by atoms with Gasteiger partial charge in [0.2, 0.25) is 5.95 Å². The Labute approximate surface area is 311 Å². The van der Waals surface area contributed by atoms with Crippen LogP contribution in [0, 0.1) is 11.7 Å². The van der Waals surface area contributed by atoms with E-state index < -0.39 is 11.0 Å². The molecule has 2 aromatic heterocycles. The quantitative estimate of drug-likeness (QED) is 0.170. The number of benzene rings is 2. The van der Waals surface area contributed by atoms with E-state index in [2.05, 4.69) is 49.7 Å². The van der Waals surface area contributed by atoms with Crippen molar-refractivity contribution in [2.24, 2.45) is 13.0 Å². The number of nitrogens with one attached hydrogen (secondary N) is 2. The largest absolute Gasteiger partial charge is 0.351 e. The predicted octanol–water partition coefficient (Wildman–Crippen LogP) is 5.55.